The Kier molecular flexibility index (Phi) is 8.08. The van der Waals surface area contributed by atoms with Gasteiger partial charge in [-0.15, -0.1) is 6.58 Å². The summed E-state index contributed by atoms with van der Waals surface area (Å²) in [7, 11) is 0. The lowest BCUT2D eigenvalue weighted by Gasteiger charge is -2.29. The van der Waals surface area contributed by atoms with E-state index in [0.29, 0.717) is 31.0 Å². The summed E-state index contributed by atoms with van der Waals surface area (Å²) in [4.78, 5) is 26.9. The van der Waals surface area contributed by atoms with E-state index in [0.717, 1.165) is 11.1 Å². The van der Waals surface area contributed by atoms with E-state index in [4.69, 9.17) is 11.6 Å². The van der Waals surface area contributed by atoms with Gasteiger partial charge in [-0.1, -0.05) is 60.1 Å². The number of carbonyl (C=O) groups excluding carboxylic acids is 2. The van der Waals surface area contributed by atoms with Crippen LogP contribution in [-0.4, -0.2) is 29.3 Å². The largest absolute Gasteiger partial charge is 0.351 e. The fourth-order valence-electron chi connectivity index (χ4n) is 2.73. The molecule has 0 spiro atoms. The Bertz CT molecular complexity index is 760. The molecule has 2 rings (SSSR count). The molecule has 142 valence electrons. The van der Waals surface area contributed by atoms with E-state index in [2.05, 4.69) is 11.9 Å². The average Bonchev–Trinajstić information content (AvgIpc) is 2.70. The minimum atomic E-state index is -0.580. The maximum Gasteiger partial charge on any atom is 0.242 e. The van der Waals surface area contributed by atoms with Crippen molar-refractivity contribution in [2.24, 2.45) is 0 Å². The van der Waals surface area contributed by atoms with Crippen LogP contribution in [-0.2, 0) is 22.6 Å². The summed E-state index contributed by atoms with van der Waals surface area (Å²) < 4.78 is 0. The first-order valence-corrected chi connectivity index (χ1v) is 9.35. The van der Waals surface area contributed by atoms with Crippen LogP contribution in [0.3, 0.4) is 0 Å². The van der Waals surface area contributed by atoms with Crippen LogP contribution in [0.2, 0.25) is 5.02 Å². The summed E-state index contributed by atoms with van der Waals surface area (Å²) in [5, 5.41) is 3.40. The lowest BCUT2D eigenvalue weighted by Crippen LogP contribution is -2.47. The monoisotopic (exact) mass is 384 g/mol. The molecular weight excluding hydrogens is 360 g/mol. The van der Waals surface area contributed by atoms with Gasteiger partial charge in [0, 0.05) is 24.5 Å². The molecule has 4 nitrogen and oxygen atoms in total. The zero-order valence-electron chi connectivity index (χ0n) is 15.5. The quantitative estimate of drug-likeness (QED) is 0.664. The van der Waals surface area contributed by atoms with Crippen molar-refractivity contribution in [3.05, 3.63) is 83.4 Å². The highest BCUT2D eigenvalue weighted by molar-refractivity contribution is 6.30. The number of benzene rings is 2. The van der Waals surface area contributed by atoms with Crippen LogP contribution in [0.5, 0.6) is 0 Å². The van der Waals surface area contributed by atoms with Gasteiger partial charge in [0.2, 0.25) is 11.8 Å². The van der Waals surface area contributed by atoms with Crippen LogP contribution in [0, 0.1) is 0 Å². The predicted molar refractivity (Wildman–Crippen MR) is 109 cm³/mol. The molecule has 5 heteroatoms. The predicted octanol–water partition coefficient (Wildman–Crippen LogP) is 3.99. The molecule has 1 atom stereocenters. The lowest BCUT2D eigenvalue weighted by atomic mass is 10.1. The Hall–Kier alpha value is -2.59. The van der Waals surface area contributed by atoms with E-state index in [1.807, 2.05) is 42.5 Å². The molecule has 0 aliphatic heterocycles. The van der Waals surface area contributed by atoms with Crippen molar-refractivity contribution in [3.63, 3.8) is 0 Å². The molecule has 2 aromatic rings. The third-order valence-electron chi connectivity index (χ3n) is 4.32. The van der Waals surface area contributed by atoms with Crippen molar-refractivity contribution in [2.75, 3.05) is 6.54 Å². The fraction of sp³-hybridized carbons (Fsp3) is 0.273. The van der Waals surface area contributed by atoms with Gasteiger partial charge in [0.15, 0.2) is 0 Å². The number of carbonyl (C=O) groups is 2. The van der Waals surface area contributed by atoms with Crippen LogP contribution in [0.15, 0.2) is 67.3 Å². The van der Waals surface area contributed by atoms with E-state index in [1.165, 1.54) is 0 Å². The van der Waals surface area contributed by atoms with Crippen LogP contribution in [0.25, 0.3) is 0 Å². The molecular formula is C22H25ClN2O2. The van der Waals surface area contributed by atoms with E-state index >= 15 is 0 Å². The highest BCUT2D eigenvalue weighted by atomic mass is 35.5. The Labute approximate surface area is 165 Å². The second kappa shape index (κ2) is 10.5. The molecule has 0 unspecified atom stereocenters. The number of rotatable bonds is 9. The van der Waals surface area contributed by atoms with Gasteiger partial charge in [0.25, 0.3) is 0 Å². The Morgan fingerprint density at radius 2 is 1.78 bits per heavy atom. The summed E-state index contributed by atoms with van der Waals surface area (Å²) in [6, 6.07) is 16.6. The molecule has 0 saturated carbocycles. The second-order valence-electron chi connectivity index (χ2n) is 6.34. The molecule has 2 amide bonds. The fourth-order valence-corrected chi connectivity index (χ4v) is 2.86. The maximum absolute atomic E-state index is 12.9. The van der Waals surface area contributed by atoms with Crippen molar-refractivity contribution in [1.82, 2.24) is 10.2 Å². The number of nitrogens with one attached hydrogen (secondary N) is 1. The summed E-state index contributed by atoms with van der Waals surface area (Å²) in [6.45, 7) is 6.07. The first-order chi connectivity index (χ1) is 13.0. The van der Waals surface area contributed by atoms with E-state index in [1.54, 1.807) is 30.0 Å². The number of nitrogens with zero attached hydrogens (tertiary/aromatic N) is 1. The molecule has 0 fully saturated rings. The van der Waals surface area contributed by atoms with Crippen molar-refractivity contribution >= 4 is 23.4 Å². The Morgan fingerprint density at radius 1 is 1.11 bits per heavy atom. The van der Waals surface area contributed by atoms with E-state index < -0.39 is 6.04 Å². The molecule has 0 heterocycles. The van der Waals surface area contributed by atoms with Crippen molar-refractivity contribution in [1.29, 1.82) is 0 Å². The Morgan fingerprint density at radius 3 is 2.41 bits per heavy atom. The third kappa shape index (κ3) is 6.57. The molecule has 0 aliphatic rings. The number of hydrogen-bond acceptors (Lipinski definition) is 2. The average molecular weight is 385 g/mol. The normalized spacial score (nSPS) is 11.5. The summed E-state index contributed by atoms with van der Waals surface area (Å²) in [5.74, 6) is -0.257. The van der Waals surface area contributed by atoms with Gasteiger partial charge in [-0.3, -0.25) is 9.59 Å². The lowest BCUT2D eigenvalue weighted by molar-refractivity contribution is -0.140. The second-order valence-corrected chi connectivity index (χ2v) is 6.78. The van der Waals surface area contributed by atoms with Crippen LogP contribution in [0.4, 0.5) is 0 Å². The van der Waals surface area contributed by atoms with Gasteiger partial charge in [-0.2, -0.15) is 0 Å². The first kappa shape index (κ1) is 20.7. The van der Waals surface area contributed by atoms with Gasteiger partial charge in [0.1, 0.15) is 6.04 Å². The van der Waals surface area contributed by atoms with Gasteiger partial charge >= 0.3 is 0 Å². The summed E-state index contributed by atoms with van der Waals surface area (Å²) >= 11 is 5.94. The summed E-state index contributed by atoms with van der Waals surface area (Å²) in [5.41, 5.74) is 2.02. The number of amides is 2. The number of aryl methyl sites for hydroxylation is 1. The van der Waals surface area contributed by atoms with E-state index in [-0.39, 0.29) is 11.8 Å². The topological polar surface area (TPSA) is 49.4 Å². The molecule has 0 aromatic heterocycles. The molecule has 0 saturated heterocycles. The Balaban J connectivity index is 2.11. The van der Waals surface area contributed by atoms with Gasteiger partial charge in [0.05, 0.1) is 0 Å². The minimum absolute atomic E-state index is 0.0601. The highest BCUT2D eigenvalue weighted by Gasteiger charge is 2.25. The van der Waals surface area contributed by atoms with Crippen LogP contribution in [0.1, 0.15) is 24.5 Å². The van der Waals surface area contributed by atoms with Crippen LogP contribution < -0.4 is 5.32 Å². The van der Waals surface area contributed by atoms with Crippen molar-refractivity contribution in [3.8, 4) is 0 Å². The smallest absolute Gasteiger partial charge is 0.242 e. The third-order valence-corrected chi connectivity index (χ3v) is 4.58. The SMILES string of the molecule is C=CCNC(=O)[C@@H](C)N(Cc1ccc(Cl)cc1)C(=O)CCc1ccccc1. The molecule has 0 aliphatic carbocycles. The van der Waals surface area contributed by atoms with Gasteiger partial charge in [-0.05, 0) is 36.6 Å². The standard InChI is InChI=1S/C22H25ClN2O2/c1-3-15-24-22(27)17(2)25(16-19-9-12-20(23)13-10-19)21(26)14-11-18-7-5-4-6-8-18/h3-10,12-13,17H,1,11,14-16H2,2H3,(H,24,27)/t17-/m1/s1. The zero-order chi connectivity index (χ0) is 19.6. The van der Waals surface area contributed by atoms with Gasteiger partial charge < -0.3 is 10.2 Å². The molecule has 0 radical (unpaired) electrons. The number of halogens is 1. The van der Waals surface area contributed by atoms with Crippen molar-refractivity contribution in [2.45, 2.75) is 32.4 Å². The number of hydrogen-bond donors (Lipinski definition) is 1. The minimum Gasteiger partial charge on any atom is -0.351 e. The molecule has 27 heavy (non-hydrogen) atoms. The zero-order valence-corrected chi connectivity index (χ0v) is 16.3. The van der Waals surface area contributed by atoms with Crippen LogP contribution >= 0.6 is 11.6 Å². The first-order valence-electron chi connectivity index (χ1n) is 8.97. The molecule has 2 aromatic carbocycles. The summed E-state index contributed by atoms with van der Waals surface area (Å²) in [6.07, 6.45) is 2.60. The highest BCUT2D eigenvalue weighted by Crippen LogP contribution is 2.15. The maximum atomic E-state index is 12.9. The molecule has 1 N–H and O–H groups in total. The van der Waals surface area contributed by atoms with Crippen molar-refractivity contribution < 1.29 is 9.59 Å². The van der Waals surface area contributed by atoms with E-state index in [9.17, 15) is 9.59 Å². The van der Waals surface area contributed by atoms with Gasteiger partial charge in [-0.25, -0.2) is 0 Å². The molecule has 0 bridgehead atoms.